The molecule has 12 nitrogen and oxygen atoms in total. The summed E-state index contributed by atoms with van der Waals surface area (Å²) in [6.07, 6.45) is 49.7. The van der Waals surface area contributed by atoms with Crippen molar-refractivity contribution in [3.63, 3.8) is 0 Å². The fraction of sp³-hybridized carbons (Fsp3) is 0.585. The number of allylic oxidation sites excluding steroid dienone is 20. The van der Waals surface area contributed by atoms with Gasteiger partial charge in [-0.2, -0.15) is 8.42 Å². The molecule has 1 rings (SSSR count). The highest BCUT2D eigenvalue weighted by molar-refractivity contribution is 7.85. The molecule has 1 saturated heterocycles. The van der Waals surface area contributed by atoms with Gasteiger partial charge in [0.1, 0.15) is 36.8 Å². The van der Waals surface area contributed by atoms with Crippen molar-refractivity contribution in [2.24, 2.45) is 0 Å². The second kappa shape index (κ2) is 41.3. The molecule has 0 aromatic rings. The molecule has 1 fully saturated rings. The van der Waals surface area contributed by atoms with Gasteiger partial charge in [-0.1, -0.05) is 161 Å². The van der Waals surface area contributed by atoms with Crippen LogP contribution in [0.15, 0.2) is 122 Å². The molecular weight excluding hydrogens is 861 g/mol. The first-order valence-corrected chi connectivity index (χ1v) is 25.7. The number of hydrogen-bond donors (Lipinski definition) is 4. The van der Waals surface area contributed by atoms with Crippen molar-refractivity contribution in [1.29, 1.82) is 0 Å². The number of ether oxygens (including phenoxy) is 4. The van der Waals surface area contributed by atoms with Gasteiger partial charge in [0, 0.05) is 12.8 Å². The van der Waals surface area contributed by atoms with Crippen LogP contribution in [-0.4, -0.2) is 96.0 Å². The maximum absolute atomic E-state index is 12.8. The summed E-state index contributed by atoms with van der Waals surface area (Å²) in [4.78, 5) is 25.4. The highest BCUT2D eigenvalue weighted by atomic mass is 32.2. The van der Waals surface area contributed by atoms with E-state index in [0.29, 0.717) is 25.7 Å². The fourth-order valence-corrected chi connectivity index (χ4v) is 6.98. The number of carbonyl (C=O) groups is 2. The van der Waals surface area contributed by atoms with Crippen molar-refractivity contribution in [3.8, 4) is 0 Å². The lowest BCUT2D eigenvalue weighted by Crippen LogP contribution is -2.60. The van der Waals surface area contributed by atoms with Gasteiger partial charge in [-0.25, -0.2) is 0 Å². The van der Waals surface area contributed by atoms with Gasteiger partial charge in [0.05, 0.1) is 6.61 Å². The van der Waals surface area contributed by atoms with Gasteiger partial charge in [-0.15, -0.1) is 0 Å². The Balaban J connectivity index is 2.54. The summed E-state index contributed by atoms with van der Waals surface area (Å²) >= 11 is 0. The Bertz CT molecular complexity index is 1670. The molecule has 0 radical (unpaired) electrons. The summed E-state index contributed by atoms with van der Waals surface area (Å²) in [5.41, 5.74) is 0. The van der Waals surface area contributed by atoms with E-state index in [9.17, 15) is 37.9 Å². The summed E-state index contributed by atoms with van der Waals surface area (Å²) in [6.45, 7) is 3.56. The van der Waals surface area contributed by atoms with Crippen LogP contribution in [0.4, 0.5) is 0 Å². The second-order valence-corrected chi connectivity index (χ2v) is 17.6. The van der Waals surface area contributed by atoms with Crippen LogP contribution in [0.5, 0.6) is 0 Å². The van der Waals surface area contributed by atoms with Gasteiger partial charge in [-0.3, -0.25) is 14.1 Å². The molecule has 66 heavy (non-hydrogen) atoms. The molecule has 1 aliphatic heterocycles. The average molecular weight is 943 g/mol. The Kier molecular flexibility index (Phi) is 37.5. The summed E-state index contributed by atoms with van der Waals surface area (Å²) < 4.78 is 54.0. The summed E-state index contributed by atoms with van der Waals surface area (Å²) in [5, 5.41) is 30.9. The predicted octanol–water partition coefficient (Wildman–Crippen LogP) is 10.6. The SMILES string of the molecule is CCCCC/C=C/C/C=C/C/C=C/C/C=C/C/C=C/CCC(=O)OC[C@H](CO[C@H]1O[C@H](CS(=O)(=O)O)[C@@H](O)C(O)C1O)OC(=O)CC/C=C/C/C=C/C/C=C/C/C=C/C/C=C/CCCCC. The van der Waals surface area contributed by atoms with Crippen LogP contribution in [0.2, 0.25) is 0 Å². The Labute approximate surface area is 397 Å². The van der Waals surface area contributed by atoms with Crippen molar-refractivity contribution in [3.05, 3.63) is 122 Å². The Morgan fingerprint density at radius 3 is 1.29 bits per heavy atom. The van der Waals surface area contributed by atoms with Crippen LogP contribution >= 0.6 is 0 Å². The normalized spacial score (nSPS) is 20.5. The van der Waals surface area contributed by atoms with Crippen molar-refractivity contribution < 1.29 is 56.8 Å². The molecule has 13 heteroatoms. The smallest absolute Gasteiger partial charge is 0.306 e. The van der Waals surface area contributed by atoms with E-state index < -0.39 is 71.2 Å². The van der Waals surface area contributed by atoms with E-state index in [0.717, 1.165) is 51.4 Å². The van der Waals surface area contributed by atoms with E-state index in [1.54, 1.807) is 0 Å². The molecule has 1 heterocycles. The van der Waals surface area contributed by atoms with E-state index in [-0.39, 0.29) is 19.4 Å². The summed E-state index contributed by atoms with van der Waals surface area (Å²) in [6, 6.07) is 0. The molecule has 0 amide bonds. The number of esters is 2. The molecule has 4 N–H and O–H groups in total. The molecule has 0 aromatic carbocycles. The fourth-order valence-electron chi connectivity index (χ4n) is 6.29. The first-order valence-electron chi connectivity index (χ1n) is 24.1. The number of carbonyl (C=O) groups excluding carboxylic acids is 2. The molecule has 0 aliphatic carbocycles. The topological polar surface area (TPSA) is 186 Å². The van der Waals surface area contributed by atoms with E-state index >= 15 is 0 Å². The molecular formula is C53H82O12S. The number of unbranched alkanes of at least 4 members (excludes halogenated alkanes) is 6. The maximum Gasteiger partial charge on any atom is 0.306 e. The zero-order valence-electron chi connectivity index (χ0n) is 39.7. The second-order valence-electron chi connectivity index (χ2n) is 16.1. The minimum absolute atomic E-state index is 0.0176. The minimum Gasteiger partial charge on any atom is -0.462 e. The van der Waals surface area contributed by atoms with E-state index in [1.165, 1.54) is 38.5 Å². The minimum atomic E-state index is -4.63. The van der Waals surface area contributed by atoms with Crippen molar-refractivity contribution in [2.75, 3.05) is 19.0 Å². The first-order chi connectivity index (χ1) is 32.0. The number of aliphatic hydroxyl groups excluding tert-OH is 3. The lowest BCUT2D eigenvalue weighted by atomic mass is 10.00. The lowest BCUT2D eigenvalue weighted by molar-refractivity contribution is -0.297. The van der Waals surface area contributed by atoms with E-state index in [1.807, 2.05) is 30.4 Å². The molecule has 1 aliphatic rings. The largest absolute Gasteiger partial charge is 0.462 e. The molecule has 0 bridgehead atoms. The first kappa shape index (κ1) is 60.1. The van der Waals surface area contributed by atoms with Gasteiger partial charge >= 0.3 is 11.9 Å². The molecule has 0 aromatic heterocycles. The summed E-state index contributed by atoms with van der Waals surface area (Å²) in [5.74, 6) is -2.22. The van der Waals surface area contributed by atoms with E-state index in [2.05, 4.69) is 105 Å². The molecule has 6 atom stereocenters. The van der Waals surface area contributed by atoms with Crippen LogP contribution in [0.3, 0.4) is 0 Å². The highest BCUT2D eigenvalue weighted by Crippen LogP contribution is 2.24. The average Bonchev–Trinajstić information content (AvgIpc) is 3.28. The van der Waals surface area contributed by atoms with Crippen LogP contribution in [-0.2, 0) is 38.7 Å². The summed E-state index contributed by atoms with van der Waals surface area (Å²) in [7, 11) is -4.63. The number of rotatable bonds is 38. The number of hydrogen-bond acceptors (Lipinski definition) is 11. The van der Waals surface area contributed by atoms with Crippen LogP contribution < -0.4 is 0 Å². The maximum atomic E-state index is 12.8. The molecule has 2 unspecified atom stereocenters. The van der Waals surface area contributed by atoms with Gasteiger partial charge in [0.15, 0.2) is 12.4 Å². The van der Waals surface area contributed by atoms with Crippen molar-refractivity contribution in [1.82, 2.24) is 0 Å². The molecule has 0 spiro atoms. The predicted molar refractivity (Wildman–Crippen MR) is 265 cm³/mol. The van der Waals surface area contributed by atoms with Crippen LogP contribution in [0, 0.1) is 0 Å². The van der Waals surface area contributed by atoms with Gasteiger partial charge in [0.2, 0.25) is 0 Å². The Morgan fingerprint density at radius 2 is 0.894 bits per heavy atom. The monoisotopic (exact) mass is 943 g/mol. The zero-order chi connectivity index (χ0) is 48.4. The van der Waals surface area contributed by atoms with Crippen molar-refractivity contribution >= 4 is 22.1 Å². The third kappa shape index (κ3) is 35.3. The van der Waals surface area contributed by atoms with Gasteiger partial charge in [-0.05, 0) is 89.9 Å². The van der Waals surface area contributed by atoms with Crippen LogP contribution in [0.25, 0.3) is 0 Å². The Morgan fingerprint density at radius 1 is 0.515 bits per heavy atom. The molecule has 0 saturated carbocycles. The Hall–Kier alpha value is -3.95. The lowest BCUT2D eigenvalue weighted by Gasteiger charge is -2.40. The third-order valence-corrected chi connectivity index (χ3v) is 10.8. The van der Waals surface area contributed by atoms with Crippen molar-refractivity contribution in [2.45, 2.75) is 179 Å². The standard InChI is InChI=1S/C53H82O12S/c1-3-5-7-9-11-13-15-17-19-21-23-25-27-29-31-33-35-37-39-41-48(54)62-43-46(44-63-53-52(58)51(57)50(56)47(65-53)45-66(59,60)61)64-49(55)42-40-38-36-34-32-30-28-26-24-22-20-18-16-14-12-10-8-6-4-2/h11-14,17-20,23-26,29-32,35-38,46-47,50-53,56-58H,3-10,15-16,21-22,27-28,33-34,39-45H2,1-2H3,(H,59,60,61)/b13-11+,14-12+,19-17+,20-18+,25-23+,26-24+,31-29+,32-30+,37-35+,38-36+/t46-,47-,50-,51?,52?,53+/m1/s1. The number of aliphatic hydroxyl groups is 3. The zero-order valence-corrected chi connectivity index (χ0v) is 40.6. The van der Waals surface area contributed by atoms with Gasteiger partial charge < -0.3 is 34.3 Å². The third-order valence-electron chi connectivity index (χ3n) is 10.0. The van der Waals surface area contributed by atoms with Crippen LogP contribution in [0.1, 0.15) is 142 Å². The van der Waals surface area contributed by atoms with Gasteiger partial charge in [0.25, 0.3) is 10.1 Å². The quantitative estimate of drug-likeness (QED) is 0.0199. The van der Waals surface area contributed by atoms with E-state index in [4.69, 9.17) is 18.9 Å². The molecule has 372 valence electrons. The highest BCUT2D eigenvalue weighted by Gasteiger charge is 2.46.